The van der Waals surface area contributed by atoms with Crippen LogP contribution in [0, 0.1) is 12.5 Å². The molecule has 0 aromatic heterocycles. The summed E-state index contributed by atoms with van der Waals surface area (Å²) in [6, 6.07) is 0.622. The van der Waals surface area contributed by atoms with Crippen molar-refractivity contribution in [1.82, 2.24) is 19.4 Å². The highest BCUT2D eigenvalue weighted by atomic mass is 31.2. The van der Waals surface area contributed by atoms with Gasteiger partial charge in [0.2, 0.25) is 12.5 Å². The first kappa shape index (κ1) is 29.4. The molecule has 0 N–H and O–H groups in total. The van der Waals surface area contributed by atoms with E-state index in [2.05, 4.69) is 72.7 Å². The second-order valence-corrected chi connectivity index (χ2v) is 12.4. The van der Waals surface area contributed by atoms with Crippen molar-refractivity contribution in [2.75, 3.05) is 65.6 Å². The Morgan fingerprint density at radius 2 is 1.56 bits per heavy atom. The highest BCUT2D eigenvalue weighted by molar-refractivity contribution is 7.44. The summed E-state index contributed by atoms with van der Waals surface area (Å²) in [6.07, 6.45) is 1.86. The second kappa shape index (κ2) is 14.1. The van der Waals surface area contributed by atoms with E-state index in [1.54, 1.807) is 0 Å². The summed E-state index contributed by atoms with van der Waals surface area (Å²) >= 11 is 0. The van der Waals surface area contributed by atoms with Crippen LogP contribution in [0.1, 0.15) is 61.3 Å². The monoisotopic (exact) mass is 497 g/mol. The third kappa shape index (κ3) is 9.00. The van der Waals surface area contributed by atoms with E-state index < -0.39 is 8.53 Å². The third-order valence-electron chi connectivity index (χ3n) is 6.74. The van der Waals surface area contributed by atoms with Crippen LogP contribution >= 0.6 is 8.53 Å². The standard InChI is InChI=1S/C25H48N5O3P/c1-21(2)30(22(3)4)34(32-19-11-26-8)33-20-18-27-12-9-23(10-13-27)24(31)28-14-16-29(17-15-28)25(5,6)7/h21-23H,9-20H2,1-7H3. The predicted octanol–water partition coefficient (Wildman–Crippen LogP) is 3.94. The molecule has 0 bridgehead atoms. The summed E-state index contributed by atoms with van der Waals surface area (Å²) in [5.41, 5.74) is 0.173. The molecule has 196 valence electrons. The Morgan fingerprint density at radius 1 is 1.00 bits per heavy atom. The molecule has 1 atom stereocenters. The third-order valence-corrected chi connectivity index (χ3v) is 8.85. The van der Waals surface area contributed by atoms with Crippen molar-refractivity contribution in [3.63, 3.8) is 0 Å². The van der Waals surface area contributed by atoms with Gasteiger partial charge in [0, 0.05) is 56.3 Å². The predicted molar refractivity (Wildman–Crippen MR) is 139 cm³/mol. The number of piperidine rings is 1. The van der Waals surface area contributed by atoms with Crippen molar-refractivity contribution >= 4 is 14.4 Å². The van der Waals surface area contributed by atoms with Gasteiger partial charge < -0.3 is 23.7 Å². The van der Waals surface area contributed by atoms with E-state index in [0.29, 0.717) is 37.7 Å². The van der Waals surface area contributed by atoms with Crippen LogP contribution in [0.5, 0.6) is 0 Å². The van der Waals surface area contributed by atoms with Crippen molar-refractivity contribution in [2.24, 2.45) is 5.92 Å². The lowest BCUT2D eigenvalue weighted by molar-refractivity contribution is -0.139. The Kier molecular flexibility index (Phi) is 12.2. The van der Waals surface area contributed by atoms with Gasteiger partial charge in [0.1, 0.15) is 6.61 Å². The molecule has 0 spiro atoms. The molecule has 8 nitrogen and oxygen atoms in total. The zero-order valence-corrected chi connectivity index (χ0v) is 23.5. The van der Waals surface area contributed by atoms with Crippen LogP contribution < -0.4 is 0 Å². The lowest BCUT2D eigenvalue weighted by Gasteiger charge is -2.43. The first-order chi connectivity index (χ1) is 16.0. The molecular weight excluding hydrogens is 449 g/mol. The summed E-state index contributed by atoms with van der Waals surface area (Å²) in [6.45, 7) is 30.1. The Morgan fingerprint density at radius 3 is 2.06 bits per heavy atom. The molecule has 2 aliphatic rings. The van der Waals surface area contributed by atoms with Gasteiger partial charge in [0.05, 0.1) is 6.61 Å². The molecule has 34 heavy (non-hydrogen) atoms. The van der Waals surface area contributed by atoms with Gasteiger partial charge >= 0.3 is 0 Å². The number of carbonyl (C=O) groups excluding carboxylic acids is 1. The molecular formula is C25H48N5O3P. The fraction of sp³-hybridized carbons (Fsp3) is 0.920. The van der Waals surface area contributed by atoms with Crippen molar-refractivity contribution in [1.29, 1.82) is 0 Å². The van der Waals surface area contributed by atoms with Gasteiger partial charge in [-0.1, -0.05) is 0 Å². The number of amides is 1. The first-order valence-corrected chi connectivity index (χ1v) is 14.1. The average molecular weight is 498 g/mol. The van der Waals surface area contributed by atoms with Gasteiger partial charge in [-0.05, 0) is 74.4 Å². The normalized spacial score (nSPS) is 20.3. The zero-order chi connectivity index (χ0) is 25.3. The zero-order valence-electron chi connectivity index (χ0n) is 22.6. The van der Waals surface area contributed by atoms with Gasteiger partial charge in [-0.25, -0.2) is 11.2 Å². The average Bonchev–Trinajstić information content (AvgIpc) is 2.78. The van der Waals surface area contributed by atoms with Gasteiger partial charge in [-0.3, -0.25) is 9.69 Å². The largest absolute Gasteiger partial charge is 0.340 e. The van der Waals surface area contributed by atoms with E-state index in [0.717, 1.165) is 58.7 Å². The summed E-state index contributed by atoms with van der Waals surface area (Å²) in [5, 5.41) is 0. The molecule has 2 fully saturated rings. The Balaban J connectivity index is 1.75. The SMILES string of the molecule is [C-]#[N+]CCOP(OCCN1CCC(C(=O)N2CCN(C(C)(C)C)CC2)CC1)N(C(C)C)C(C)C. The Labute approximate surface area is 209 Å². The maximum atomic E-state index is 13.1. The molecule has 0 radical (unpaired) electrons. The number of hydrogen-bond acceptors (Lipinski definition) is 6. The quantitative estimate of drug-likeness (QED) is 0.245. The van der Waals surface area contributed by atoms with Gasteiger partial charge in [0.15, 0.2) is 0 Å². The number of piperazine rings is 1. The maximum Gasteiger partial charge on any atom is 0.259 e. The molecule has 9 heteroatoms. The molecule has 0 saturated carbocycles. The van der Waals surface area contributed by atoms with E-state index in [-0.39, 0.29) is 11.5 Å². The van der Waals surface area contributed by atoms with Crippen molar-refractivity contribution in [3.8, 4) is 0 Å². The van der Waals surface area contributed by atoms with Crippen LogP contribution in [-0.4, -0.2) is 108 Å². The van der Waals surface area contributed by atoms with Crippen LogP contribution in [0.4, 0.5) is 0 Å². The van der Waals surface area contributed by atoms with Crippen LogP contribution in [0.2, 0.25) is 0 Å². The van der Waals surface area contributed by atoms with Crippen LogP contribution in [-0.2, 0) is 13.8 Å². The van der Waals surface area contributed by atoms with Crippen LogP contribution in [0.25, 0.3) is 4.85 Å². The molecule has 0 aliphatic carbocycles. The molecule has 0 aromatic carbocycles. The number of nitrogens with zero attached hydrogens (tertiary/aromatic N) is 5. The van der Waals surface area contributed by atoms with E-state index in [4.69, 9.17) is 15.6 Å². The lowest BCUT2D eigenvalue weighted by atomic mass is 9.94. The van der Waals surface area contributed by atoms with Gasteiger partial charge in [0.25, 0.3) is 8.53 Å². The van der Waals surface area contributed by atoms with Crippen molar-refractivity contribution in [3.05, 3.63) is 11.4 Å². The summed E-state index contributed by atoms with van der Waals surface area (Å²) in [7, 11) is -1.18. The Bertz CT molecular complexity index is 640. The van der Waals surface area contributed by atoms with Gasteiger partial charge in [-0.2, -0.15) is 0 Å². The van der Waals surface area contributed by atoms with E-state index in [9.17, 15) is 4.79 Å². The minimum atomic E-state index is -1.18. The van der Waals surface area contributed by atoms with E-state index >= 15 is 0 Å². The molecule has 2 rings (SSSR count). The topological polar surface area (TPSA) is 52.9 Å². The van der Waals surface area contributed by atoms with E-state index in [1.165, 1.54) is 0 Å². The molecule has 0 aromatic rings. The van der Waals surface area contributed by atoms with Crippen molar-refractivity contribution < 1.29 is 13.8 Å². The second-order valence-electron chi connectivity index (χ2n) is 11.0. The van der Waals surface area contributed by atoms with Crippen LogP contribution in [0.3, 0.4) is 0 Å². The molecule has 2 aliphatic heterocycles. The number of hydrogen-bond donors (Lipinski definition) is 0. The molecule has 1 unspecified atom stereocenters. The highest BCUT2D eigenvalue weighted by Gasteiger charge is 2.33. The van der Waals surface area contributed by atoms with Gasteiger partial charge in [-0.15, -0.1) is 0 Å². The lowest BCUT2D eigenvalue weighted by Crippen LogP contribution is -2.56. The number of carbonyl (C=O) groups is 1. The molecule has 2 heterocycles. The van der Waals surface area contributed by atoms with Crippen molar-refractivity contribution in [2.45, 2.75) is 78.9 Å². The summed E-state index contributed by atoms with van der Waals surface area (Å²) in [5.74, 6) is 0.510. The summed E-state index contributed by atoms with van der Waals surface area (Å²) < 4.78 is 14.5. The minimum Gasteiger partial charge on any atom is -0.340 e. The number of rotatable bonds is 11. The number of likely N-dealkylation sites (tertiary alicyclic amines) is 1. The molecule has 2 saturated heterocycles. The smallest absolute Gasteiger partial charge is 0.259 e. The fourth-order valence-corrected chi connectivity index (χ4v) is 6.39. The fourth-order valence-electron chi connectivity index (χ4n) is 4.82. The highest BCUT2D eigenvalue weighted by Crippen LogP contribution is 2.45. The summed E-state index contributed by atoms with van der Waals surface area (Å²) in [4.78, 5) is 23.4. The van der Waals surface area contributed by atoms with Crippen LogP contribution in [0.15, 0.2) is 0 Å². The Hall–Kier alpha value is -0.810. The minimum absolute atomic E-state index is 0.157. The van der Waals surface area contributed by atoms with E-state index in [1.807, 2.05) is 0 Å². The first-order valence-electron chi connectivity index (χ1n) is 13.0. The molecule has 1 amide bonds. The maximum absolute atomic E-state index is 13.1.